The summed E-state index contributed by atoms with van der Waals surface area (Å²) in [4.78, 5) is 17.5. The van der Waals surface area contributed by atoms with E-state index in [2.05, 4.69) is 34.9 Å². The number of carbonyl (C=O) groups is 1. The van der Waals surface area contributed by atoms with E-state index in [1.165, 1.54) is 30.2 Å². The van der Waals surface area contributed by atoms with Crippen molar-refractivity contribution in [2.45, 2.75) is 31.1 Å². The molecule has 0 radical (unpaired) electrons. The molecule has 0 bridgehead atoms. The summed E-state index contributed by atoms with van der Waals surface area (Å²) < 4.78 is 1.13. The number of nitrogens with one attached hydrogen (secondary N) is 2. The highest BCUT2D eigenvalue weighted by Crippen LogP contribution is 2.27. The zero-order valence-electron chi connectivity index (χ0n) is 14.4. The third-order valence-electron chi connectivity index (χ3n) is 3.76. The number of halogens is 1. The maximum atomic E-state index is 12.0. The first-order valence-electron chi connectivity index (χ1n) is 8.46. The molecule has 3 rings (SSSR count). The number of hydrazine groups is 1. The molecule has 0 aliphatic heterocycles. The molecule has 0 spiro atoms. The molecule has 2 aromatic carbocycles. The van der Waals surface area contributed by atoms with E-state index in [-0.39, 0.29) is 5.91 Å². The number of benzene rings is 2. The van der Waals surface area contributed by atoms with E-state index in [0.29, 0.717) is 15.9 Å². The van der Waals surface area contributed by atoms with Crippen LogP contribution in [0.15, 0.2) is 47.4 Å². The molecule has 136 valence electrons. The summed E-state index contributed by atoms with van der Waals surface area (Å²) in [5.74, 6) is 0.216. The summed E-state index contributed by atoms with van der Waals surface area (Å²) in [6.45, 7) is 2.20. The molecule has 0 saturated heterocycles. The van der Waals surface area contributed by atoms with Gasteiger partial charge in [-0.05, 0) is 54.8 Å². The number of amides is 1. The van der Waals surface area contributed by atoms with Crippen LogP contribution in [0.1, 0.15) is 25.3 Å². The first-order valence-corrected chi connectivity index (χ1v) is 10.6. The van der Waals surface area contributed by atoms with E-state index >= 15 is 0 Å². The minimum atomic E-state index is -0.104. The average Bonchev–Trinajstić information content (AvgIpc) is 3.06. The number of thiazole rings is 1. The van der Waals surface area contributed by atoms with Gasteiger partial charge in [-0.1, -0.05) is 42.3 Å². The van der Waals surface area contributed by atoms with Gasteiger partial charge in [-0.25, -0.2) is 4.98 Å². The van der Waals surface area contributed by atoms with E-state index in [4.69, 9.17) is 11.6 Å². The second kappa shape index (κ2) is 9.26. The number of fused-ring (bicyclic) bond motifs is 1. The summed E-state index contributed by atoms with van der Waals surface area (Å²) in [7, 11) is 0. The summed E-state index contributed by atoms with van der Waals surface area (Å²) in [5, 5.41) is 1.38. The highest BCUT2D eigenvalue weighted by atomic mass is 35.5. The van der Waals surface area contributed by atoms with Crippen molar-refractivity contribution in [3.05, 3.63) is 53.1 Å². The fraction of sp³-hybridized carbons (Fsp3) is 0.263. The van der Waals surface area contributed by atoms with Crippen LogP contribution >= 0.6 is 34.7 Å². The number of unbranched alkanes of at least 4 members (excludes halogenated alkanes) is 1. The number of thioether (sulfide) groups is 1. The van der Waals surface area contributed by atoms with Crippen LogP contribution in [-0.2, 0) is 11.2 Å². The minimum Gasteiger partial charge on any atom is -0.273 e. The summed E-state index contributed by atoms with van der Waals surface area (Å²) in [5.41, 5.74) is 7.90. The first kappa shape index (κ1) is 19.0. The Balaban J connectivity index is 1.51. The fourth-order valence-electron chi connectivity index (χ4n) is 2.40. The second-order valence-corrected chi connectivity index (χ2v) is 8.36. The number of hydrogen-bond acceptors (Lipinski definition) is 5. The zero-order chi connectivity index (χ0) is 18.4. The zero-order valence-corrected chi connectivity index (χ0v) is 16.8. The van der Waals surface area contributed by atoms with Crippen LogP contribution in [0, 0.1) is 0 Å². The maximum absolute atomic E-state index is 12.0. The Morgan fingerprint density at radius 3 is 2.81 bits per heavy atom. The van der Waals surface area contributed by atoms with Gasteiger partial charge in [-0.3, -0.25) is 15.6 Å². The van der Waals surface area contributed by atoms with E-state index in [0.717, 1.165) is 21.5 Å². The summed E-state index contributed by atoms with van der Waals surface area (Å²) >= 11 is 8.86. The Labute approximate surface area is 166 Å². The number of hydrogen-bond donors (Lipinski definition) is 2. The molecule has 2 N–H and O–H groups in total. The van der Waals surface area contributed by atoms with Gasteiger partial charge in [0.05, 0.1) is 16.0 Å². The van der Waals surface area contributed by atoms with Crippen molar-refractivity contribution in [1.29, 1.82) is 0 Å². The fourth-order valence-corrected chi connectivity index (χ4v) is 4.11. The molecule has 7 heteroatoms. The van der Waals surface area contributed by atoms with Gasteiger partial charge in [0.2, 0.25) is 11.0 Å². The number of anilines is 1. The number of aromatic nitrogens is 1. The minimum absolute atomic E-state index is 0.104. The number of nitrogens with zero attached hydrogens (tertiary/aromatic N) is 1. The quantitative estimate of drug-likeness (QED) is 0.382. The number of aryl methyl sites for hydroxylation is 1. The first-order chi connectivity index (χ1) is 12.6. The lowest BCUT2D eigenvalue weighted by Crippen LogP contribution is -2.30. The van der Waals surface area contributed by atoms with Crippen LogP contribution in [0.3, 0.4) is 0 Å². The average molecular weight is 406 g/mol. The lowest BCUT2D eigenvalue weighted by atomic mass is 10.1. The molecule has 0 atom stereocenters. The molecular weight excluding hydrogens is 386 g/mol. The topological polar surface area (TPSA) is 54.0 Å². The van der Waals surface area contributed by atoms with E-state index in [1.54, 1.807) is 11.3 Å². The third-order valence-corrected chi connectivity index (χ3v) is 5.96. The van der Waals surface area contributed by atoms with Crippen LogP contribution in [0.4, 0.5) is 5.13 Å². The molecular formula is C19H20ClN3OS2. The van der Waals surface area contributed by atoms with E-state index in [9.17, 15) is 4.79 Å². The van der Waals surface area contributed by atoms with Gasteiger partial charge in [-0.15, -0.1) is 11.8 Å². The van der Waals surface area contributed by atoms with Crippen molar-refractivity contribution in [3.63, 3.8) is 0 Å². The van der Waals surface area contributed by atoms with Gasteiger partial charge in [0.25, 0.3) is 0 Å². The normalized spacial score (nSPS) is 10.8. The second-order valence-electron chi connectivity index (χ2n) is 5.84. The highest BCUT2D eigenvalue weighted by Gasteiger charge is 2.07. The predicted molar refractivity (Wildman–Crippen MR) is 112 cm³/mol. The molecule has 1 heterocycles. The largest absolute Gasteiger partial charge is 0.273 e. The number of rotatable bonds is 8. The molecule has 0 fully saturated rings. The SMILES string of the molecule is CCCCc1ccc2nc(NNC(=O)CSc3ccc(Cl)cc3)sc2c1. The van der Waals surface area contributed by atoms with Gasteiger partial charge in [0.15, 0.2) is 0 Å². The summed E-state index contributed by atoms with van der Waals surface area (Å²) in [6, 6.07) is 13.8. The Bertz CT molecular complexity index is 880. The van der Waals surface area contributed by atoms with Crippen molar-refractivity contribution in [1.82, 2.24) is 10.4 Å². The van der Waals surface area contributed by atoms with Crippen LogP contribution in [-0.4, -0.2) is 16.6 Å². The van der Waals surface area contributed by atoms with Gasteiger partial charge in [-0.2, -0.15) is 0 Å². The molecule has 0 unspecified atom stereocenters. The Hall–Kier alpha value is -1.76. The molecule has 0 aliphatic carbocycles. The van der Waals surface area contributed by atoms with Crippen molar-refractivity contribution in [2.24, 2.45) is 0 Å². The molecule has 0 aliphatic rings. The number of carbonyl (C=O) groups excluding carboxylic acids is 1. The monoisotopic (exact) mass is 405 g/mol. The molecule has 26 heavy (non-hydrogen) atoms. The molecule has 3 aromatic rings. The van der Waals surface area contributed by atoms with E-state index < -0.39 is 0 Å². The Kier molecular flexibility index (Phi) is 6.77. The maximum Gasteiger partial charge on any atom is 0.248 e. The third kappa shape index (κ3) is 5.37. The van der Waals surface area contributed by atoms with Gasteiger partial charge < -0.3 is 0 Å². The lowest BCUT2D eigenvalue weighted by Gasteiger charge is -2.05. The van der Waals surface area contributed by atoms with Crippen LogP contribution in [0.25, 0.3) is 10.2 Å². The molecule has 1 amide bonds. The van der Waals surface area contributed by atoms with Crippen LogP contribution in [0.2, 0.25) is 5.02 Å². The van der Waals surface area contributed by atoms with Crippen molar-refractivity contribution in [2.75, 3.05) is 11.2 Å². The van der Waals surface area contributed by atoms with Gasteiger partial charge in [0, 0.05) is 9.92 Å². The Morgan fingerprint density at radius 1 is 1.23 bits per heavy atom. The Morgan fingerprint density at radius 2 is 2.04 bits per heavy atom. The molecule has 1 aromatic heterocycles. The van der Waals surface area contributed by atoms with Crippen molar-refractivity contribution < 1.29 is 4.79 Å². The highest BCUT2D eigenvalue weighted by molar-refractivity contribution is 8.00. The van der Waals surface area contributed by atoms with Gasteiger partial charge >= 0.3 is 0 Å². The smallest absolute Gasteiger partial charge is 0.248 e. The van der Waals surface area contributed by atoms with Crippen molar-refractivity contribution >= 4 is 56.0 Å². The van der Waals surface area contributed by atoms with Crippen LogP contribution in [0.5, 0.6) is 0 Å². The standard InChI is InChI=1S/C19H20ClN3OS2/c1-2-3-4-13-5-10-16-17(11-13)26-19(21-16)23-22-18(24)12-25-15-8-6-14(20)7-9-15/h5-11H,2-4,12H2,1H3,(H,21,23)(H,22,24). The van der Waals surface area contributed by atoms with Crippen LogP contribution < -0.4 is 10.9 Å². The lowest BCUT2D eigenvalue weighted by molar-refractivity contribution is -0.118. The van der Waals surface area contributed by atoms with E-state index in [1.807, 2.05) is 30.3 Å². The predicted octanol–water partition coefficient (Wildman–Crippen LogP) is 5.53. The van der Waals surface area contributed by atoms with Crippen molar-refractivity contribution in [3.8, 4) is 0 Å². The van der Waals surface area contributed by atoms with Gasteiger partial charge in [0.1, 0.15) is 0 Å². The molecule has 4 nitrogen and oxygen atoms in total. The summed E-state index contributed by atoms with van der Waals surface area (Å²) in [6.07, 6.45) is 3.47. The molecule has 0 saturated carbocycles.